The first-order valence-corrected chi connectivity index (χ1v) is 10.7. The van der Waals surface area contributed by atoms with Gasteiger partial charge in [0.05, 0.1) is 24.5 Å². The fourth-order valence-electron chi connectivity index (χ4n) is 3.82. The summed E-state index contributed by atoms with van der Waals surface area (Å²) >= 11 is 0. The molecule has 1 unspecified atom stereocenters. The van der Waals surface area contributed by atoms with Crippen molar-refractivity contribution in [1.29, 1.82) is 0 Å². The molecular formula is C26H25NO5. The molecule has 0 aliphatic carbocycles. The highest BCUT2D eigenvalue weighted by Crippen LogP contribution is 2.40. The van der Waals surface area contributed by atoms with Crippen LogP contribution >= 0.6 is 0 Å². The predicted octanol–water partition coefficient (Wildman–Crippen LogP) is 5.24. The van der Waals surface area contributed by atoms with E-state index >= 15 is 0 Å². The molecule has 6 heteroatoms. The van der Waals surface area contributed by atoms with E-state index in [0.29, 0.717) is 17.9 Å². The Morgan fingerprint density at radius 1 is 1.09 bits per heavy atom. The second-order valence-corrected chi connectivity index (χ2v) is 7.66. The molecule has 2 heterocycles. The van der Waals surface area contributed by atoms with Crippen molar-refractivity contribution in [3.63, 3.8) is 0 Å². The molecule has 32 heavy (non-hydrogen) atoms. The van der Waals surface area contributed by atoms with Gasteiger partial charge in [-0.25, -0.2) is 0 Å². The van der Waals surface area contributed by atoms with E-state index in [-0.39, 0.29) is 17.9 Å². The highest BCUT2D eigenvalue weighted by molar-refractivity contribution is 6.15. The summed E-state index contributed by atoms with van der Waals surface area (Å²) < 4.78 is 11.1. The first-order valence-electron chi connectivity index (χ1n) is 10.7. The molecule has 1 atom stereocenters. The number of benzene rings is 2. The maximum atomic E-state index is 13.2. The highest BCUT2D eigenvalue weighted by atomic mass is 16.5. The maximum Gasteiger partial charge on any atom is 0.290 e. The maximum absolute atomic E-state index is 13.2. The Kier molecular flexibility index (Phi) is 6.40. The number of aliphatic hydroxyl groups is 1. The van der Waals surface area contributed by atoms with Crippen LogP contribution in [0.25, 0.3) is 0 Å². The second-order valence-electron chi connectivity index (χ2n) is 7.66. The van der Waals surface area contributed by atoms with Gasteiger partial charge in [-0.2, -0.15) is 0 Å². The Morgan fingerprint density at radius 3 is 2.62 bits per heavy atom. The zero-order chi connectivity index (χ0) is 22.5. The number of furan rings is 1. The minimum Gasteiger partial charge on any atom is -0.503 e. The lowest BCUT2D eigenvalue weighted by Crippen LogP contribution is -2.30. The number of carbonyl (C=O) groups excluding carboxylic acids is 2. The number of hydrogen-bond donors (Lipinski definition) is 1. The average Bonchev–Trinajstić information content (AvgIpc) is 3.43. The number of unbranched alkanes of at least 4 members (excludes halogenated alkanes) is 1. The van der Waals surface area contributed by atoms with Crippen molar-refractivity contribution < 1.29 is 23.8 Å². The third kappa shape index (κ3) is 4.30. The van der Waals surface area contributed by atoms with E-state index in [1.807, 2.05) is 54.6 Å². The molecule has 1 aromatic heterocycles. The number of hydrogen-bond acceptors (Lipinski definition) is 5. The van der Waals surface area contributed by atoms with E-state index in [1.165, 1.54) is 17.2 Å². The highest BCUT2D eigenvalue weighted by Gasteiger charge is 2.44. The number of nitrogens with zero attached hydrogens (tertiary/aromatic N) is 1. The lowest BCUT2D eigenvalue weighted by molar-refractivity contribution is -0.130. The number of Topliss-reactive ketones (excluding diaryl/α,β-unsaturated/α-hetero) is 1. The van der Waals surface area contributed by atoms with Crippen LogP contribution in [-0.4, -0.2) is 28.3 Å². The third-order valence-corrected chi connectivity index (χ3v) is 5.43. The molecular weight excluding hydrogens is 406 g/mol. The molecule has 6 nitrogen and oxygen atoms in total. The van der Waals surface area contributed by atoms with Crippen molar-refractivity contribution in [3.8, 4) is 5.75 Å². The minimum absolute atomic E-state index is 0.00610. The molecule has 1 amide bonds. The standard InChI is InChI=1S/C26H25NO5/c1-2-3-14-31-20-12-7-11-19(16-20)23-22(24(28)21-13-8-15-32-21)25(29)26(30)27(23)17-18-9-5-4-6-10-18/h4-13,15-16,23,29H,2-3,14,17H2,1H3. The summed E-state index contributed by atoms with van der Waals surface area (Å²) in [5.41, 5.74) is 1.58. The summed E-state index contributed by atoms with van der Waals surface area (Å²) in [6, 6.07) is 19.1. The Bertz CT molecular complexity index is 1120. The lowest BCUT2D eigenvalue weighted by Gasteiger charge is -2.27. The normalized spacial score (nSPS) is 16.0. The van der Waals surface area contributed by atoms with Crippen LogP contribution in [-0.2, 0) is 11.3 Å². The van der Waals surface area contributed by atoms with E-state index in [4.69, 9.17) is 9.15 Å². The molecule has 0 fully saturated rings. The van der Waals surface area contributed by atoms with Crippen molar-refractivity contribution in [2.75, 3.05) is 6.61 Å². The largest absolute Gasteiger partial charge is 0.503 e. The van der Waals surface area contributed by atoms with Gasteiger partial charge >= 0.3 is 0 Å². The molecule has 0 bridgehead atoms. The molecule has 1 aliphatic rings. The van der Waals surface area contributed by atoms with E-state index in [1.54, 1.807) is 6.07 Å². The monoisotopic (exact) mass is 431 g/mol. The quantitative estimate of drug-likeness (QED) is 0.370. The molecule has 0 spiro atoms. The number of rotatable bonds is 9. The topological polar surface area (TPSA) is 80.0 Å². The zero-order valence-corrected chi connectivity index (χ0v) is 17.9. The number of carbonyl (C=O) groups is 2. The fraction of sp³-hybridized carbons (Fsp3) is 0.231. The minimum atomic E-state index is -0.768. The Morgan fingerprint density at radius 2 is 1.91 bits per heavy atom. The van der Waals surface area contributed by atoms with Gasteiger partial charge in [0, 0.05) is 6.54 Å². The number of ketones is 1. The van der Waals surface area contributed by atoms with Crippen molar-refractivity contribution in [2.24, 2.45) is 0 Å². The first kappa shape index (κ1) is 21.4. The SMILES string of the molecule is CCCCOc1cccc(C2C(C(=O)c3ccco3)=C(O)C(=O)N2Cc2ccccc2)c1. The van der Waals surface area contributed by atoms with Crippen molar-refractivity contribution in [2.45, 2.75) is 32.4 Å². The average molecular weight is 431 g/mol. The van der Waals surface area contributed by atoms with Crippen LogP contribution in [0, 0.1) is 0 Å². The number of amides is 1. The van der Waals surface area contributed by atoms with Gasteiger partial charge in [0.15, 0.2) is 11.5 Å². The van der Waals surface area contributed by atoms with Gasteiger partial charge in [-0.1, -0.05) is 55.8 Å². The van der Waals surface area contributed by atoms with Gasteiger partial charge in [-0.15, -0.1) is 0 Å². The van der Waals surface area contributed by atoms with Crippen LogP contribution in [0.1, 0.15) is 47.5 Å². The van der Waals surface area contributed by atoms with E-state index < -0.39 is 23.5 Å². The molecule has 164 valence electrons. The molecule has 0 saturated heterocycles. The summed E-state index contributed by atoms with van der Waals surface area (Å²) in [4.78, 5) is 27.8. The van der Waals surface area contributed by atoms with Crippen LogP contribution in [0.15, 0.2) is 88.7 Å². The summed E-state index contributed by atoms with van der Waals surface area (Å²) in [6.45, 7) is 2.91. The van der Waals surface area contributed by atoms with Gasteiger partial charge in [0.2, 0.25) is 5.78 Å². The van der Waals surface area contributed by atoms with Crippen LogP contribution in [0.3, 0.4) is 0 Å². The van der Waals surface area contributed by atoms with E-state index in [2.05, 4.69) is 6.92 Å². The summed E-state index contributed by atoms with van der Waals surface area (Å²) in [5.74, 6) is -0.935. The van der Waals surface area contributed by atoms with Gasteiger partial charge < -0.3 is 19.2 Å². The van der Waals surface area contributed by atoms with E-state index in [9.17, 15) is 14.7 Å². The smallest absolute Gasteiger partial charge is 0.290 e. The van der Waals surface area contributed by atoms with Gasteiger partial charge in [0.25, 0.3) is 5.91 Å². The third-order valence-electron chi connectivity index (χ3n) is 5.43. The van der Waals surface area contributed by atoms with Gasteiger partial charge in [-0.05, 0) is 41.8 Å². The van der Waals surface area contributed by atoms with Crippen LogP contribution in [0.4, 0.5) is 0 Å². The van der Waals surface area contributed by atoms with Gasteiger partial charge in [-0.3, -0.25) is 9.59 Å². The summed E-state index contributed by atoms with van der Waals surface area (Å²) in [5, 5.41) is 10.7. The van der Waals surface area contributed by atoms with Gasteiger partial charge in [0.1, 0.15) is 5.75 Å². The molecule has 2 aromatic carbocycles. The molecule has 0 radical (unpaired) electrons. The van der Waals surface area contributed by atoms with Crippen molar-refractivity contribution in [1.82, 2.24) is 4.90 Å². The number of ether oxygens (including phenoxy) is 1. The molecule has 3 aromatic rings. The predicted molar refractivity (Wildman–Crippen MR) is 119 cm³/mol. The molecule has 1 aliphatic heterocycles. The van der Waals surface area contributed by atoms with Crippen LogP contribution < -0.4 is 4.74 Å². The molecule has 1 N–H and O–H groups in total. The first-order chi connectivity index (χ1) is 15.6. The van der Waals surface area contributed by atoms with Crippen molar-refractivity contribution in [3.05, 3.63) is 101 Å². The Balaban J connectivity index is 1.74. The lowest BCUT2D eigenvalue weighted by atomic mass is 9.94. The number of aliphatic hydroxyl groups excluding tert-OH is 1. The fourth-order valence-corrected chi connectivity index (χ4v) is 3.82. The van der Waals surface area contributed by atoms with Crippen molar-refractivity contribution >= 4 is 11.7 Å². The zero-order valence-electron chi connectivity index (χ0n) is 17.9. The second kappa shape index (κ2) is 9.56. The molecule has 0 saturated carbocycles. The summed E-state index contributed by atoms with van der Waals surface area (Å²) in [6.07, 6.45) is 3.33. The summed E-state index contributed by atoms with van der Waals surface area (Å²) in [7, 11) is 0. The molecule has 4 rings (SSSR count). The van der Waals surface area contributed by atoms with Crippen LogP contribution in [0.5, 0.6) is 5.75 Å². The van der Waals surface area contributed by atoms with Crippen LogP contribution in [0.2, 0.25) is 0 Å². The Hall–Kier alpha value is -3.80. The Labute approximate surface area is 186 Å². The van der Waals surface area contributed by atoms with E-state index in [0.717, 1.165) is 18.4 Å².